The fourth-order valence-corrected chi connectivity index (χ4v) is 2.76. The molecule has 0 unspecified atom stereocenters. The van der Waals surface area contributed by atoms with E-state index >= 15 is 0 Å². The minimum Gasteiger partial charge on any atom is -0.486 e. The summed E-state index contributed by atoms with van der Waals surface area (Å²) in [5.74, 6) is 1.43. The first-order valence-corrected chi connectivity index (χ1v) is 8.21. The van der Waals surface area contributed by atoms with Crippen molar-refractivity contribution in [1.29, 1.82) is 0 Å². The molecule has 24 heavy (non-hydrogen) atoms. The van der Waals surface area contributed by atoms with E-state index in [-0.39, 0.29) is 6.03 Å². The minimum absolute atomic E-state index is 0.282. The Morgan fingerprint density at radius 1 is 0.958 bits per heavy atom. The van der Waals surface area contributed by atoms with Crippen LogP contribution in [0.25, 0.3) is 0 Å². The van der Waals surface area contributed by atoms with Crippen molar-refractivity contribution >= 4 is 29.2 Å². The highest BCUT2D eigenvalue weighted by molar-refractivity contribution is 6.35. The van der Waals surface area contributed by atoms with E-state index in [0.717, 1.165) is 16.9 Å². The van der Waals surface area contributed by atoms with Gasteiger partial charge in [0.15, 0.2) is 11.5 Å². The van der Waals surface area contributed by atoms with Crippen molar-refractivity contribution in [2.75, 3.05) is 13.2 Å². The molecule has 2 N–H and O–H groups in total. The summed E-state index contributed by atoms with van der Waals surface area (Å²) in [5.41, 5.74) is 1.73. The monoisotopic (exact) mass is 366 g/mol. The normalized spacial score (nSPS) is 12.6. The Labute approximate surface area is 149 Å². The number of hydrogen-bond acceptors (Lipinski definition) is 3. The highest BCUT2D eigenvalue weighted by atomic mass is 35.5. The number of halogens is 2. The van der Waals surface area contributed by atoms with Crippen LogP contribution < -0.4 is 20.1 Å². The van der Waals surface area contributed by atoms with Crippen molar-refractivity contribution < 1.29 is 14.3 Å². The van der Waals surface area contributed by atoms with Crippen molar-refractivity contribution in [1.82, 2.24) is 10.6 Å². The summed E-state index contributed by atoms with van der Waals surface area (Å²) >= 11 is 11.9. The van der Waals surface area contributed by atoms with Crippen molar-refractivity contribution in [2.24, 2.45) is 0 Å². The number of hydrogen-bond donors (Lipinski definition) is 2. The van der Waals surface area contributed by atoms with E-state index in [2.05, 4.69) is 10.6 Å². The lowest BCUT2D eigenvalue weighted by atomic mass is 10.2. The lowest BCUT2D eigenvalue weighted by Crippen LogP contribution is -2.34. The van der Waals surface area contributed by atoms with Crippen LogP contribution in [0.5, 0.6) is 11.5 Å². The van der Waals surface area contributed by atoms with Gasteiger partial charge in [-0.3, -0.25) is 0 Å². The summed E-state index contributed by atoms with van der Waals surface area (Å²) in [7, 11) is 0. The SMILES string of the molecule is O=C(NCc1ccc2c(c1)OCCO2)NCc1ccc(Cl)cc1Cl. The Morgan fingerprint density at radius 2 is 1.71 bits per heavy atom. The van der Waals surface area contributed by atoms with Gasteiger partial charge >= 0.3 is 6.03 Å². The molecule has 0 bridgehead atoms. The predicted octanol–water partition coefficient (Wildman–Crippen LogP) is 3.76. The first-order valence-electron chi connectivity index (χ1n) is 7.46. The van der Waals surface area contributed by atoms with Crippen LogP contribution in [-0.4, -0.2) is 19.2 Å². The first-order chi connectivity index (χ1) is 11.6. The third-order valence-corrected chi connectivity index (χ3v) is 4.10. The van der Waals surface area contributed by atoms with Crippen molar-refractivity contribution in [3.63, 3.8) is 0 Å². The number of ether oxygens (including phenoxy) is 2. The Hall–Kier alpha value is -2.11. The largest absolute Gasteiger partial charge is 0.486 e. The average molecular weight is 367 g/mol. The number of nitrogens with one attached hydrogen (secondary N) is 2. The van der Waals surface area contributed by atoms with Gasteiger partial charge in [0.1, 0.15) is 13.2 Å². The zero-order valence-corrected chi connectivity index (χ0v) is 14.3. The first kappa shape index (κ1) is 16.7. The quantitative estimate of drug-likeness (QED) is 0.865. The summed E-state index contributed by atoms with van der Waals surface area (Å²) < 4.78 is 11.0. The molecule has 0 saturated carbocycles. The highest BCUT2D eigenvalue weighted by Crippen LogP contribution is 2.30. The lowest BCUT2D eigenvalue weighted by Gasteiger charge is -2.19. The van der Waals surface area contributed by atoms with Crippen LogP contribution in [0.15, 0.2) is 36.4 Å². The Balaban J connectivity index is 1.50. The maximum Gasteiger partial charge on any atom is 0.315 e. The standard InChI is InChI=1S/C17H16Cl2N2O3/c18-13-3-2-12(14(19)8-13)10-21-17(22)20-9-11-1-4-15-16(7-11)24-6-5-23-15/h1-4,7-8H,5-6,9-10H2,(H2,20,21,22). The van der Waals surface area contributed by atoms with E-state index < -0.39 is 0 Å². The summed E-state index contributed by atoms with van der Waals surface area (Å²) in [6.07, 6.45) is 0. The van der Waals surface area contributed by atoms with Gasteiger partial charge in [0.2, 0.25) is 0 Å². The molecule has 2 amide bonds. The molecule has 0 aliphatic carbocycles. The molecule has 3 rings (SSSR count). The molecule has 7 heteroatoms. The number of amides is 2. The second-order valence-electron chi connectivity index (χ2n) is 5.25. The van der Waals surface area contributed by atoms with E-state index in [1.165, 1.54) is 0 Å². The van der Waals surface area contributed by atoms with Gasteiger partial charge in [-0.15, -0.1) is 0 Å². The molecular weight excluding hydrogens is 351 g/mol. The molecule has 0 atom stereocenters. The fourth-order valence-electron chi connectivity index (χ4n) is 2.28. The topological polar surface area (TPSA) is 59.6 Å². The molecule has 1 aliphatic rings. The Morgan fingerprint density at radius 3 is 2.50 bits per heavy atom. The Bertz CT molecular complexity index is 753. The van der Waals surface area contributed by atoms with Crippen LogP contribution in [-0.2, 0) is 13.1 Å². The van der Waals surface area contributed by atoms with Gasteiger partial charge in [0.05, 0.1) is 0 Å². The van der Waals surface area contributed by atoms with Gasteiger partial charge in [-0.05, 0) is 35.4 Å². The average Bonchev–Trinajstić information content (AvgIpc) is 2.59. The van der Waals surface area contributed by atoms with E-state index in [4.69, 9.17) is 32.7 Å². The molecule has 0 fully saturated rings. The van der Waals surface area contributed by atoms with Crippen LogP contribution in [0.4, 0.5) is 4.79 Å². The van der Waals surface area contributed by atoms with Crippen LogP contribution >= 0.6 is 23.2 Å². The lowest BCUT2D eigenvalue weighted by molar-refractivity contribution is 0.171. The number of fused-ring (bicyclic) bond motifs is 1. The molecule has 1 aliphatic heterocycles. The van der Waals surface area contributed by atoms with E-state index in [9.17, 15) is 4.79 Å². The van der Waals surface area contributed by atoms with Crippen LogP contribution in [0, 0.1) is 0 Å². The molecule has 5 nitrogen and oxygen atoms in total. The van der Waals surface area contributed by atoms with E-state index in [0.29, 0.717) is 42.1 Å². The van der Waals surface area contributed by atoms with Crippen LogP contribution in [0.3, 0.4) is 0 Å². The van der Waals surface area contributed by atoms with E-state index in [1.807, 2.05) is 18.2 Å². The molecule has 126 valence electrons. The van der Waals surface area contributed by atoms with Gasteiger partial charge in [-0.2, -0.15) is 0 Å². The summed E-state index contributed by atoms with van der Waals surface area (Å²) in [5, 5.41) is 6.63. The summed E-state index contributed by atoms with van der Waals surface area (Å²) in [4.78, 5) is 11.9. The molecular formula is C17H16Cl2N2O3. The molecule has 0 saturated heterocycles. The molecule has 2 aromatic carbocycles. The van der Waals surface area contributed by atoms with Crippen LogP contribution in [0.2, 0.25) is 10.0 Å². The highest BCUT2D eigenvalue weighted by Gasteiger charge is 2.12. The van der Waals surface area contributed by atoms with E-state index in [1.54, 1.807) is 18.2 Å². The van der Waals surface area contributed by atoms with Crippen molar-refractivity contribution in [2.45, 2.75) is 13.1 Å². The third-order valence-electron chi connectivity index (χ3n) is 3.51. The molecule has 0 aromatic heterocycles. The van der Waals surface area contributed by atoms with Gasteiger partial charge in [-0.1, -0.05) is 35.3 Å². The van der Waals surface area contributed by atoms with Crippen molar-refractivity contribution in [3.05, 3.63) is 57.6 Å². The van der Waals surface area contributed by atoms with Gasteiger partial charge in [-0.25, -0.2) is 4.79 Å². The number of rotatable bonds is 4. The van der Waals surface area contributed by atoms with Gasteiger partial charge in [0, 0.05) is 23.1 Å². The number of urea groups is 1. The molecule has 1 heterocycles. The smallest absolute Gasteiger partial charge is 0.315 e. The van der Waals surface area contributed by atoms with Crippen molar-refractivity contribution in [3.8, 4) is 11.5 Å². The second-order valence-corrected chi connectivity index (χ2v) is 6.09. The second kappa shape index (κ2) is 7.64. The number of benzene rings is 2. The molecule has 0 spiro atoms. The molecule has 0 radical (unpaired) electrons. The van der Waals surface area contributed by atoms with Gasteiger partial charge in [0.25, 0.3) is 0 Å². The van der Waals surface area contributed by atoms with Crippen LogP contribution in [0.1, 0.15) is 11.1 Å². The minimum atomic E-state index is -0.282. The summed E-state index contributed by atoms with van der Waals surface area (Å²) in [6, 6.07) is 10.5. The summed E-state index contributed by atoms with van der Waals surface area (Å²) in [6.45, 7) is 1.80. The predicted molar refractivity (Wildman–Crippen MR) is 93.0 cm³/mol. The Kier molecular flexibility index (Phi) is 5.33. The maximum absolute atomic E-state index is 11.9. The zero-order valence-electron chi connectivity index (χ0n) is 12.8. The molecule has 2 aromatic rings. The fraction of sp³-hybridized carbons (Fsp3) is 0.235. The number of carbonyl (C=O) groups excluding carboxylic acids is 1. The maximum atomic E-state index is 11.9. The zero-order chi connectivity index (χ0) is 16.9. The van der Waals surface area contributed by atoms with Gasteiger partial charge < -0.3 is 20.1 Å². The number of carbonyl (C=O) groups is 1. The third kappa shape index (κ3) is 4.24.